The van der Waals surface area contributed by atoms with Gasteiger partial charge in [0, 0.05) is 12.0 Å². The Morgan fingerprint density at radius 2 is 2.05 bits per heavy atom. The standard InChI is InChI=1S/C14H20Br2O2S/c1-3-5-6-7-8-13(17)18-11(4-2)10-9-12(15)19-14(10)16/h9,11H,3-8H2,1-2H3. The molecule has 108 valence electrons. The Balaban J connectivity index is 2.48. The van der Waals surface area contributed by atoms with Gasteiger partial charge in [-0.05, 0) is 50.8 Å². The van der Waals surface area contributed by atoms with Gasteiger partial charge in [0.1, 0.15) is 6.10 Å². The van der Waals surface area contributed by atoms with Gasteiger partial charge in [-0.2, -0.15) is 0 Å². The number of unbranched alkanes of at least 4 members (excludes halogenated alkanes) is 3. The second-order valence-electron chi connectivity index (χ2n) is 4.48. The minimum absolute atomic E-state index is 0.0859. The van der Waals surface area contributed by atoms with Crippen molar-refractivity contribution in [2.75, 3.05) is 0 Å². The van der Waals surface area contributed by atoms with Gasteiger partial charge in [-0.15, -0.1) is 11.3 Å². The lowest BCUT2D eigenvalue weighted by Crippen LogP contribution is -2.10. The predicted molar refractivity (Wildman–Crippen MR) is 87.6 cm³/mol. The molecule has 1 heterocycles. The van der Waals surface area contributed by atoms with Crippen LogP contribution in [0, 0.1) is 0 Å². The molecule has 19 heavy (non-hydrogen) atoms. The number of halogens is 2. The Bertz CT molecular complexity index is 404. The largest absolute Gasteiger partial charge is 0.457 e. The molecule has 1 aromatic rings. The van der Waals surface area contributed by atoms with Gasteiger partial charge in [0.05, 0.1) is 7.57 Å². The molecule has 0 aliphatic heterocycles. The van der Waals surface area contributed by atoms with E-state index in [1.54, 1.807) is 11.3 Å². The molecule has 0 bridgehead atoms. The quantitative estimate of drug-likeness (QED) is 0.373. The summed E-state index contributed by atoms with van der Waals surface area (Å²) in [6.45, 7) is 4.20. The molecular weight excluding hydrogens is 392 g/mol. The third kappa shape index (κ3) is 5.96. The van der Waals surface area contributed by atoms with Crippen molar-refractivity contribution in [3.63, 3.8) is 0 Å². The first-order valence-electron chi connectivity index (χ1n) is 6.72. The van der Waals surface area contributed by atoms with E-state index in [4.69, 9.17) is 4.74 Å². The van der Waals surface area contributed by atoms with Gasteiger partial charge in [-0.1, -0.05) is 33.1 Å². The number of carbonyl (C=O) groups excluding carboxylic acids is 1. The lowest BCUT2D eigenvalue weighted by Gasteiger charge is -2.15. The number of esters is 1. The molecule has 0 aromatic carbocycles. The number of hydrogen-bond acceptors (Lipinski definition) is 3. The maximum Gasteiger partial charge on any atom is 0.306 e. The van der Waals surface area contributed by atoms with Crippen molar-refractivity contribution in [2.24, 2.45) is 0 Å². The highest BCUT2D eigenvalue weighted by molar-refractivity contribution is 9.12. The SMILES string of the molecule is CCCCCCC(=O)OC(CC)c1cc(Br)sc1Br. The smallest absolute Gasteiger partial charge is 0.306 e. The minimum atomic E-state index is -0.143. The van der Waals surface area contributed by atoms with Crippen LogP contribution in [0.4, 0.5) is 0 Å². The average Bonchev–Trinajstić information content (AvgIpc) is 2.71. The summed E-state index contributed by atoms with van der Waals surface area (Å²) in [6.07, 6.45) is 5.58. The van der Waals surface area contributed by atoms with Gasteiger partial charge in [0.15, 0.2) is 0 Å². The first kappa shape index (κ1) is 17.2. The fourth-order valence-electron chi connectivity index (χ4n) is 1.85. The second-order valence-corrected chi connectivity index (χ2v) is 8.23. The van der Waals surface area contributed by atoms with E-state index in [0.29, 0.717) is 6.42 Å². The molecule has 0 saturated heterocycles. The molecule has 0 aliphatic carbocycles. The molecule has 0 saturated carbocycles. The Kier molecular flexibility index (Phi) is 8.26. The first-order chi connectivity index (χ1) is 9.08. The van der Waals surface area contributed by atoms with Gasteiger partial charge in [-0.3, -0.25) is 4.79 Å². The highest BCUT2D eigenvalue weighted by atomic mass is 79.9. The van der Waals surface area contributed by atoms with Crippen LogP contribution >= 0.6 is 43.2 Å². The number of rotatable bonds is 8. The Labute approximate surface area is 136 Å². The third-order valence-corrected chi connectivity index (χ3v) is 5.29. The van der Waals surface area contributed by atoms with Crippen molar-refractivity contribution in [2.45, 2.75) is 58.5 Å². The predicted octanol–water partition coefficient (Wildman–Crippen LogP) is 6.24. The van der Waals surface area contributed by atoms with Crippen LogP contribution in [0.15, 0.2) is 13.6 Å². The van der Waals surface area contributed by atoms with E-state index < -0.39 is 0 Å². The van der Waals surface area contributed by atoms with E-state index in [2.05, 4.69) is 38.8 Å². The summed E-state index contributed by atoms with van der Waals surface area (Å²) < 4.78 is 7.66. The van der Waals surface area contributed by atoms with Crippen LogP contribution in [0.1, 0.15) is 64.0 Å². The molecule has 0 aliphatic rings. The summed E-state index contributed by atoms with van der Waals surface area (Å²) in [7, 11) is 0. The van der Waals surface area contributed by atoms with E-state index in [1.807, 2.05) is 13.0 Å². The summed E-state index contributed by atoms with van der Waals surface area (Å²) >= 11 is 8.58. The van der Waals surface area contributed by atoms with Crippen LogP contribution in [-0.4, -0.2) is 5.97 Å². The van der Waals surface area contributed by atoms with Crippen molar-refractivity contribution in [1.82, 2.24) is 0 Å². The lowest BCUT2D eigenvalue weighted by molar-refractivity contribution is -0.149. The first-order valence-corrected chi connectivity index (χ1v) is 9.12. The molecule has 0 spiro atoms. The average molecular weight is 412 g/mol. The zero-order valence-electron chi connectivity index (χ0n) is 11.4. The van der Waals surface area contributed by atoms with Crippen molar-refractivity contribution >= 4 is 49.2 Å². The molecule has 5 heteroatoms. The maximum absolute atomic E-state index is 11.8. The van der Waals surface area contributed by atoms with Crippen LogP contribution in [0.5, 0.6) is 0 Å². The molecule has 2 nitrogen and oxygen atoms in total. The zero-order chi connectivity index (χ0) is 14.3. The fraction of sp³-hybridized carbons (Fsp3) is 0.643. The van der Waals surface area contributed by atoms with Crippen LogP contribution in [-0.2, 0) is 9.53 Å². The van der Waals surface area contributed by atoms with Gasteiger partial charge in [-0.25, -0.2) is 0 Å². The van der Waals surface area contributed by atoms with Gasteiger partial charge in [0.2, 0.25) is 0 Å². The Morgan fingerprint density at radius 1 is 1.32 bits per heavy atom. The van der Waals surface area contributed by atoms with Gasteiger partial charge < -0.3 is 4.74 Å². The topological polar surface area (TPSA) is 26.3 Å². The molecule has 1 aromatic heterocycles. The molecule has 0 radical (unpaired) electrons. The molecule has 1 unspecified atom stereocenters. The summed E-state index contributed by atoms with van der Waals surface area (Å²) in [5.74, 6) is -0.0859. The van der Waals surface area contributed by atoms with Crippen molar-refractivity contribution < 1.29 is 9.53 Å². The van der Waals surface area contributed by atoms with Crippen molar-refractivity contribution in [3.05, 3.63) is 19.2 Å². The minimum Gasteiger partial charge on any atom is -0.457 e. The maximum atomic E-state index is 11.8. The lowest BCUT2D eigenvalue weighted by atomic mass is 10.1. The van der Waals surface area contributed by atoms with E-state index in [9.17, 15) is 4.79 Å². The number of thiophene rings is 1. The van der Waals surface area contributed by atoms with E-state index in [1.165, 1.54) is 12.8 Å². The molecule has 0 fully saturated rings. The van der Waals surface area contributed by atoms with Gasteiger partial charge >= 0.3 is 5.97 Å². The molecule has 1 atom stereocenters. The summed E-state index contributed by atoms with van der Waals surface area (Å²) in [5.41, 5.74) is 1.06. The Morgan fingerprint density at radius 3 is 2.58 bits per heavy atom. The molecule has 0 N–H and O–H groups in total. The monoisotopic (exact) mass is 410 g/mol. The van der Waals surface area contributed by atoms with E-state index >= 15 is 0 Å². The highest BCUT2D eigenvalue weighted by Crippen LogP contribution is 2.38. The third-order valence-electron chi connectivity index (χ3n) is 2.91. The van der Waals surface area contributed by atoms with Crippen molar-refractivity contribution in [1.29, 1.82) is 0 Å². The summed E-state index contributed by atoms with van der Waals surface area (Å²) in [4.78, 5) is 11.8. The normalized spacial score (nSPS) is 12.4. The number of hydrogen-bond donors (Lipinski definition) is 0. The molecule has 0 amide bonds. The number of carbonyl (C=O) groups is 1. The van der Waals surface area contributed by atoms with Gasteiger partial charge in [0.25, 0.3) is 0 Å². The fourth-order valence-corrected chi connectivity index (χ4v) is 4.80. The van der Waals surface area contributed by atoms with Crippen LogP contribution < -0.4 is 0 Å². The van der Waals surface area contributed by atoms with Crippen molar-refractivity contribution in [3.8, 4) is 0 Å². The second kappa shape index (κ2) is 9.14. The zero-order valence-corrected chi connectivity index (χ0v) is 15.4. The number of ether oxygens (including phenoxy) is 1. The summed E-state index contributed by atoms with van der Waals surface area (Å²) in [5, 5.41) is 0. The van der Waals surface area contributed by atoms with E-state index in [0.717, 1.165) is 32.4 Å². The highest BCUT2D eigenvalue weighted by Gasteiger charge is 2.19. The molecular formula is C14H20Br2O2S. The molecule has 1 rings (SSSR count). The summed E-state index contributed by atoms with van der Waals surface area (Å²) in [6, 6.07) is 2.02. The van der Waals surface area contributed by atoms with Crippen LogP contribution in [0.25, 0.3) is 0 Å². The van der Waals surface area contributed by atoms with E-state index in [-0.39, 0.29) is 12.1 Å². The van der Waals surface area contributed by atoms with Crippen LogP contribution in [0.3, 0.4) is 0 Å². The Hall–Kier alpha value is 0.130. The van der Waals surface area contributed by atoms with Crippen LogP contribution in [0.2, 0.25) is 0 Å².